The van der Waals surface area contributed by atoms with Crippen LogP contribution in [-0.4, -0.2) is 97.9 Å². The number of carbonyl (C=O) groups is 1. The van der Waals surface area contributed by atoms with Crippen molar-refractivity contribution in [2.24, 2.45) is 0 Å². The first kappa shape index (κ1) is 26.5. The third-order valence-corrected chi connectivity index (χ3v) is 8.58. The average molecular weight is 543 g/mol. The number of amides is 1. The number of hydrogen-bond acceptors (Lipinski definition) is 8. The van der Waals surface area contributed by atoms with Gasteiger partial charge in [0.15, 0.2) is 0 Å². The second-order valence-corrected chi connectivity index (χ2v) is 10.9. The van der Waals surface area contributed by atoms with Gasteiger partial charge in [-0.05, 0) is 37.4 Å². The highest BCUT2D eigenvalue weighted by atomic mass is 16.5. The molecule has 2 aromatic carbocycles. The Bertz CT molecular complexity index is 1380. The third kappa shape index (κ3) is 5.23. The summed E-state index contributed by atoms with van der Waals surface area (Å²) >= 11 is 0. The molecule has 0 unspecified atom stereocenters. The third-order valence-electron chi connectivity index (χ3n) is 8.58. The van der Waals surface area contributed by atoms with Crippen molar-refractivity contribution in [1.82, 2.24) is 19.8 Å². The van der Waals surface area contributed by atoms with Crippen molar-refractivity contribution in [3.63, 3.8) is 0 Å². The largest absolute Gasteiger partial charge is 0.462 e. The summed E-state index contributed by atoms with van der Waals surface area (Å²) in [5, 5.41) is 2.49. The van der Waals surface area contributed by atoms with E-state index in [9.17, 15) is 4.79 Å². The second-order valence-electron chi connectivity index (χ2n) is 10.9. The zero-order valence-electron chi connectivity index (χ0n) is 23.5. The molecule has 0 saturated carbocycles. The molecule has 0 aliphatic carbocycles. The van der Waals surface area contributed by atoms with Crippen LogP contribution in [0.3, 0.4) is 0 Å². The van der Waals surface area contributed by atoms with Crippen LogP contribution in [0.25, 0.3) is 10.8 Å². The number of nitrogens with zero attached hydrogens (tertiary/aromatic N) is 6. The van der Waals surface area contributed by atoms with E-state index in [0.29, 0.717) is 32.3 Å². The molecule has 0 N–H and O–H groups in total. The van der Waals surface area contributed by atoms with Crippen LogP contribution in [0.15, 0.2) is 55.1 Å². The van der Waals surface area contributed by atoms with Crippen LogP contribution >= 0.6 is 0 Å². The van der Waals surface area contributed by atoms with Gasteiger partial charge in [0.05, 0.1) is 18.3 Å². The number of fused-ring (bicyclic) bond motifs is 2. The molecule has 9 nitrogen and oxygen atoms in total. The van der Waals surface area contributed by atoms with Crippen LogP contribution in [0.5, 0.6) is 6.01 Å². The molecule has 0 radical (unpaired) electrons. The van der Waals surface area contributed by atoms with Gasteiger partial charge in [0.2, 0.25) is 5.91 Å². The smallest absolute Gasteiger partial charge is 0.318 e. The van der Waals surface area contributed by atoms with Crippen LogP contribution < -0.4 is 14.5 Å². The second kappa shape index (κ2) is 11.4. The molecule has 1 aromatic heterocycles. The van der Waals surface area contributed by atoms with Crippen LogP contribution in [0.2, 0.25) is 0 Å². The van der Waals surface area contributed by atoms with E-state index in [1.54, 1.807) is 7.11 Å². The number of aromatic nitrogens is 2. The summed E-state index contributed by atoms with van der Waals surface area (Å²) in [6.07, 6.45) is 3.40. The number of rotatable bonds is 7. The SMILES string of the molecule is C=CC(=O)N1CCN(c2nc(OC[C@@H]3C[C@@H](OC)CN3C)nc3c2CCN(c2cccc4ccccc24)C3)CC1. The Labute approximate surface area is 236 Å². The van der Waals surface area contributed by atoms with Crippen molar-refractivity contribution >= 4 is 28.2 Å². The molecule has 210 valence electrons. The number of hydrogen-bond donors (Lipinski definition) is 0. The van der Waals surface area contributed by atoms with Crippen LogP contribution in [0.1, 0.15) is 17.7 Å². The highest BCUT2D eigenvalue weighted by Gasteiger charge is 2.32. The first-order chi connectivity index (χ1) is 19.5. The predicted molar refractivity (Wildman–Crippen MR) is 157 cm³/mol. The summed E-state index contributed by atoms with van der Waals surface area (Å²) in [4.78, 5) is 31.0. The van der Waals surface area contributed by atoms with Gasteiger partial charge in [-0.15, -0.1) is 0 Å². The fourth-order valence-electron chi connectivity index (χ4n) is 6.24. The molecule has 4 heterocycles. The number of methoxy groups -OCH3 is 1. The van der Waals surface area contributed by atoms with Gasteiger partial charge in [-0.2, -0.15) is 9.97 Å². The highest BCUT2D eigenvalue weighted by Crippen LogP contribution is 2.34. The number of carbonyl (C=O) groups excluding carboxylic acids is 1. The number of anilines is 2. The predicted octanol–water partition coefficient (Wildman–Crippen LogP) is 3.13. The number of ether oxygens (including phenoxy) is 2. The Balaban J connectivity index is 1.28. The number of likely N-dealkylation sites (tertiary alicyclic amines) is 1. The number of piperazine rings is 1. The Kier molecular flexibility index (Phi) is 7.58. The van der Waals surface area contributed by atoms with Gasteiger partial charge in [0.25, 0.3) is 0 Å². The van der Waals surface area contributed by atoms with E-state index in [1.807, 2.05) is 4.90 Å². The molecule has 2 fully saturated rings. The summed E-state index contributed by atoms with van der Waals surface area (Å²) in [7, 11) is 3.88. The maximum Gasteiger partial charge on any atom is 0.318 e. The first-order valence-electron chi connectivity index (χ1n) is 14.2. The Hall–Kier alpha value is -3.69. The molecule has 0 spiro atoms. The van der Waals surface area contributed by atoms with Crippen molar-refractivity contribution in [1.29, 1.82) is 0 Å². The monoisotopic (exact) mass is 542 g/mol. The van der Waals surface area contributed by atoms with E-state index in [0.717, 1.165) is 50.5 Å². The molecular weight excluding hydrogens is 504 g/mol. The maximum atomic E-state index is 12.2. The number of benzene rings is 2. The molecule has 3 aliphatic rings. The maximum absolute atomic E-state index is 12.2. The van der Waals surface area contributed by atoms with Gasteiger partial charge in [-0.1, -0.05) is 43.0 Å². The molecule has 0 bridgehead atoms. The molecule has 3 aliphatic heterocycles. The Morgan fingerprint density at radius 1 is 1.05 bits per heavy atom. The molecule has 2 saturated heterocycles. The van der Waals surface area contributed by atoms with Crippen molar-refractivity contribution in [3.8, 4) is 6.01 Å². The van der Waals surface area contributed by atoms with Gasteiger partial charge in [0, 0.05) is 69.1 Å². The molecule has 3 aromatic rings. The molecular formula is C31H38N6O3. The van der Waals surface area contributed by atoms with Crippen LogP contribution in [-0.2, 0) is 22.5 Å². The minimum absolute atomic E-state index is 0.0193. The lowest BCUT2D eigenvalue weighted by atomic mass is 10.0. The van der Waals surface area contributed by atoms with Crippen molar-refractivity contribution < 1.29 is 14.3 Å². The van der Waals surface area contributed by atoms with E-state index in [4.69, 9.17) is 19.4 Å². The van der Waals surface area contributed by atoms with E-state index in [1.165, 1.54) is 28.1 Å². The van der Waals surface area contributed by atoms with Crippen molar-refractivity contribution in [2.75, 3.05) is 69.8 Å². The summed E-state index contributed by atoms with van der Waals surface area (Å²) < 4.78 is 11.9. The molecule has 1 amide bonds. The van der Waals surface area contributed by atoms with Crippen LogP contribution in [0, 0.1) is 0 Å². The lowest BCUT2D eigenvalue weighted by molar-refractivity contribution is -0.126. The summed E-state index contributed by atoms with van der Waals surface area (Å²) in [6, 6.07) is 15.7. The van der Waals surface area contributed by atoms with Crippen molar-refractivity contribution in [3.05, 3.63) is 66.4 Å². The van der Waals surface area contributed by atoms with E-state index >= 15 is 0 Å². The standard InChI is InChI=1S/C31H38N6O3/c1-4-29(38)35-14-16-36(17-15-35)30-26-12-13-37(28-11-7-9-22-8-5-6-10-25(22)28)20-27(26)32-31(33-30)40-21-23-18-24(39-3)19-34(23)2/h4-11,23-24H,1,12-21H2,2-3H3/t23-,24+/m0/s1. The quantitative estimate of drug-likeness (QED) is 0.422. The lowest BCUT2D eigenvalue weighted by Gasteiger charge is -2.38. The lowest BCUT2D eigenvalue weighted by Crippen LogP contribution is -2.49. The molecule has 9 heteroatoms. The molecule has 6 rings (SSSR count). The normalized spacial score (nSPS) is 21.5. The summed E-state index contributed by atoms with van der Waals surface area (Å²) in [5.41, 5.74) is 3.42. The fourth-order valence-corrected chi connectivity index (χ4v) is 6.24. The van der Waals surface area contributed by atoms with E-state index in [-0.39, 0.29) is 18.1 Å². The minimum Gasteiger partial charge on any atom is -0.462 e. The van der Waals surface area contributed by atoms with Crippen LogP contribution in [0.4, 0.5) is 11.5 Å². The van der Waals surface area contributed by atoms with Crippen molar-refractivity contribution in [2.45, 2.75) is 31.5 Å². The Morgan fingerprint density at radius 2 is 1.85 bits per heavy atom. The zero-order valence-corrected chi connectivity index (χ0v) is 23.5. The number of likely N-dealkylation sites (N-methyl/N-ethyl adjacent to an activating group) is 1. The van der Waals surface area contributed by atoms with Gasteiger partial charge in [-0.3, -0.25) is 9.69 Å². The highest BCUT2D eigenvalue weighted by molar-refractivity contribution is 5.94. The first-order valence-corrected chi connectivity index (χ1v) is 14.2. The topological polar surface area (TPSA) is 74.3 Å². The molecule has 40 heavy (non-hydrogen) atoms. The fraction of sp³-hybridized carbons (Fsp3) is 0.452. The van der Waals surface area contributed by atoms with Gasteiger partial charge in [0.1, 0.15) is 12.4 Å². The van der Waals surface area contributed by atoms with Gasteiger partial charge < -0.3 is 24.2 Å². The van der Waals surface area contributed by atoms with Gasteiger partial charge >= 0.3 is 6.01 Å². The summed E-state index contributed by atoms with van der Waals surface area (Å²) in [5.74, 6) is 0.923. The van der Waals surface area contributed by atoms with E-state index < -0.39 is 0 Å². The molecule has 2 atom stereocenters. The van der Waals surface area contributed by atoms with E-state index in [2.05, 4.69) is 70.8 Å². The van der Waals surface area contributed by atoms with Gasteiger partial charge in [-0.25, -0.2) is 0 Å². The minimum atomic E-state index is -0.0193. The summed E-state index contributed by atoms with van der Waals surface area (Å²) in [6.45, 7) is 9.37. The zero-order chi connectivity index (χ0) is 27.6. The Morgan fingerprint density at radius 3 is 2.62 bits per heavy atom. The average Bonchev–Trinajstić information content (AvgIpc) is 3.38.